The molecule has 31 heavy (non-hydrogen) atoms. The summed E-state index contributed by atoms with van der Waals surface area (Å²) in [5.41, 5.74) is -2.52. The zero-order valence-corrected chi connectivity index (χ0v) is 16.4. The Hall–Kier alpha value is -2.01. The molecule has 17 heteroatoms. The molecule has 0 spiro atoms. The summed E-state index contributed by atoms with van der Waals surface area (Å²) < 4.78 is 147. The second-order valence-corrected chi connectivity index (χ2v) is 7.67. The molecule has 0 saturated heterocycles. The molecule has 8 nitrogen and oxygen atoms in total. The smallest absolute Gasteiger partial charge is 0.468 e. The van der Waals surface area contributed by atoms with Gasteiger partial charge in [-0.2, -0.15) is 35.1 Å². The Morgan fingerprint density at radius 3 is 1.87 bits per heavy atom. The Kier molecular flexibility index (Phi) is 9.02. The van der Waals surface area contributed by atoms with Gasteiger partial charge < -0.3 is 18.8 Å². The number of alkyl halides is 8. The highest BCUT2D eigenvalue weighted by atomic mass is 32.2. The van der Waals surface area contributed by atoms with Crippen LogP contribution in [-0.4, -0.2) is 61.5 Å². The highest BCUT2D eigenvalue weighted by Crippen LogP contribution is 2.39. The molecule has 0 rings (SSSR count). The second kappa shape index (κ2) is 9.64. The van der Waals surface area contributed by atoms with E-state index in [2.05, 4.69) is 20.8 Å². The van der Waals surface area contributed by atoms with Crippen molar-refractivity contribution in [2.75, 3.05) is 13.2 Å². The van der Waals surface area contributed by atoms with Gasteiger partial charge in [0, 0.05) is 6.42 Å². The minimum atomic E-state index is -6.38. The summed E-state index contributed by atoms with van der Waals surface area (Å²) in [6, 6.07) is 0. The number of esters is 2. The first-order valence-electron chi connectivity index (χ1n) is 7.79. The van der Waals surface area contributed by atoms with E-state index >= 15 is 0 Å². The summed E-state index contributed by atoms with van der Waals surface area (Å²) in [5, 5.41) is -5.19. The number of hydrogen-bond donors (Lipinski definition) is 0. The van der Waals surface area contributed by atoms with Gasteiger partial charge in [-0.15, -0.1) is 0 Å². The predicted octanol–water partition coefficient (Wildman–Crippen LogP) is 2.65. The predicted molar refractivity (Wildman–Crippen MR) is 81.1 cm³/mol. The number of carbonyl (C=O) groups excluding carboxylic acids is 2. The van der Waals surface area contributed by atoms with Crippen LogP contribution in [0.25, 0.3) is 0 Å². The second-order valence-electron chi connectivity index (χ2n) is 6.16. The number of ether oxygens (including phenoxy) is 3. The summed E-state index contributed by atoms with van der Waals surface area (Å²) in [7, 11) is -6.38. The first-order valence-corrected chi connectivity index (χ1v) is 9.20. The van der Waals surface area contributed by atoms with Crippen LogP contribution in [0.2, 0.25) is 0 Å². The van der Waals surface area contributed by atoms with Crippen molar-refractivity contribution in [3.63, 3.8) is 0 Å². The van der Waals surface area contributed by atoms with Gasteiger partial charge in [-0.1, -0.05) is 20.4 Å². The molecule has 1 atom stereocenters. The number of halogens is 8. The maximum atomic E-state index is 13.5. The first kappa shape index (κ1) is 29.0. The topological polar surface area (TPSA) is 119 Å². The first-order chi connectivity index (χ1) is 13.6. The highest BCUT2D eigenvalue weighted by molar-refractivity contribution is 7.86. The summed E-state index contributed by atoms with van der Waals surface area (Å²) in [4.78, 5) is 23.4. The molecule has 0 amide bonds. The molecular formula is C14H15F8O8S-. The third-order valence-electron chi connectivity index (χ3n) is 3.08. The van der Waals surface area contributed by atoms with Crippen molar-refractivity contribution in [3.8, 4) is 0 Å². The lowest BCUT2D eigenvalue weighted by Gasteiger charge is -2.33. The van der Waals surface area contributed by atoms with Crippen LogP contribution in [0.3, 0.4) is 0 Å². The van der Waals surface area contributed by atoms with Crippen LogP contribution in [0.15, 0.2) is 12.2 Å². The molecule has 0 aromatic carbocycles. The number of hydrogen-bond acceptors (Lipinski definition) is 8. The minimum absolute atomic E-state index is 0.648. The van der Waals surface area contributed by atoms with Gasteiger partial charge in [0.05, 0.1) is 13.2 Å². The summed E-state index contributed by atoms with van der Waals surface area (Å²) in [6.45, 7) is 1.91. The van der Waals surface area contributed by atoms with Crippen LogP contribution >= 0.6 is 0 Å². The summed E-state index contributed by atoms with van der Waals surface area (Å²) in [6.07, 6.45) is -14.1. The van der Waals surface area contributed by atoms with Crippen molar-refractivity contribution in [1.82, 2.24) is 0 Å². The Morgan fingerprint density at radius 1 is 1.03 bits per heavy atom. The molecule has 0 bridgehead atoms. The van der Waals surface area contributed by atoms with Gasteiger partial charge in [0.2, 0.25) is 0 Å². The fourth-order valence-corrected chi connectivity index (χ4v) is 1.80. The van der Waals surface area contributed by atoms with E-state index in [-0.39, 0.29) is 0 Å². The van der Waals surface area contributed by atoms with Crippen LogP contribution in [0.5, 0.6) is 0 Å². The van der Waals surface area contributed by atoms with Crippen molar-refractivity contribution in [2.45, 2.75) is 43.7 Å². The number of carbonyl (C=O) groups is 2. The van der Waals surface area contributed by atoms with Gasteiger partial charge in [0.25, 0.3) is 0 Å². The van der Waals surface area contributed by atoms with Gasteiger partial charge in [-0.25, -0.2) is 18.0 Å². The Balaban J connectivity index is 6.12. The van der Waals surface area contributed by atoms with Crippen molar-refractivity contribution >= 4 is 22.1 Å². The zero-order valence-electron chi connectivity index (χ0n) is 15.6. The molecular weight excluding hydrogens is 480 g/mol. The molecule has 0 fully saturated rings. The Bertz CT molecular complexity index is 787. The van der Waals surface area contributed by atoms with Crippen LogP contribution < -0.4 is 0 Å². The summed E-state index contributed by atoms with van der Waals surface area (Å²) in [5.74, 6) is -11.2. The average Bonchev–Trinajstić information content (AvgIpc) is 2.54. The monoisotopic (exact) mass is 495 g/mol. The van der Waals surface area contributed by atoms with Crippen molar-refractivity contribution < 1.29 is 71.9 Å². The molecule has 0 aliphatic carbocycles. The fourth-order valence-electron chi connectivity index (χ4n) is 1.47. The lowest BCUT2D eigenvalue weighted by molar-refractivity contribution is -0.356. The third kappa shape index (κ3) is 7.57. The molecule has 0 aliphatic rings. The quantitative estimate of drug-likeness (QED) is 0.149. The van der Waals surface area contributed by atoms with Crippen molar-refractivity contribution in [3.05, 3.63) is 12.2 Å². The van der Waals surface area contributed by atoms with E-state index in [1.165, 1.54) is 13.8 Å². The largest absolute Gasteiger partial charge is 0.743 e. The standard InChI is InChI=1S/C14H16F8O8S/c1-7(2)6-28-10(24)12(14(20,21)22,30-9(23)8(3)13(17,18)19)29-5-4-11(15,16)31(25,26)27/h7H,3-6H2,1-2H3,(H,25,26,27)/p-1. The Morgan fingerprint density at radius 2 is 1.52 bits per heavy atom. The van der Waals surface area contributed by atoms with Gasteiger partial charge >= 0.3 is 35.3 Å². The SMILES string of the molecule is C=C(C(=O)OC(OCCC(F)(F)S(=O)(=O)[O-])(C(=O)OCC(C)C)C(F)(F)F)C(F)(F)F. The van der Waals surface area contributed by atoms with Crippen molar-refractivity contribution in [2.24, 2.45) is 5.92 Å². The maximum absolute atomic E-state index is 13.5. The van der Waals surface area contributed by atoms with E-state index in [1.807, 2.05) is 0 Å². The van der Waals surface area contributed by atoms with Crippen LogP contribution in [-0.2, 0) is 33.9 Å². The highest BCUT2D eigenvalue weighted by Gasteiger charge is 2.68. The molecule has 0 saturated carbocycles. The maximum Gasteiger partial charge on any atom is 0.468 e. The zero-order chi connectivity index (χ0) is 25.1. The third-order valence-corrected chi connectivity index (χ3v) is 4.01. The molecule has 0 aromatic rings. The van der Waals surface area contributed by atoms with E-state index in [1.54, 1.807) is 0 Å². The van der Waals surface area contributed by atoms with Gasteiger partial charge in [0.15, 0.2) is 10.1 Å². The normalized spacial score (nSPS) is 15.4. The molecule has 0 heterocycles. The Labute approximate surface area is 169 Å². The molecule has 1 unspecified atom stereocenters. The van der Waals surface area contributed by atoms with Gasteiger partial charge in [-0.05, 0) is 5.92 Å². The van der Waals surface area contributed by atoms with E-state index in [0.717, 1.165) is 0 Å². The molecule has 0 N–H and O–H groups in total. The average molecular weight is 495 g/mol. The van der Waals surface area contributed by atoms with E-state index < -0.39 is 76.6 Å². The molecule has 0 aromatic heterocycles. The van der Waals surface area contributed by atoms with E-state index in [4.69, 9.17) is 0 Å². The van der Waals surface area contributed by atoms with Crippen molar-refractivity contribution in [1.29, 1.82) is 0 Å². The summed E-state index contributed by atoms with van der Waals surface area (Å²) >= 11 is 0. The lowest BCUT2D eigenvalue weighted by atomic mass is 10.2. The lowest BCUT2D eigenvalue weighted by Crippen LogP contribution is -2.59. The van der Waals surface area contributed by atoms with Crippen LogP contribution in [0, 0.1) is 5.92 Å². The van der Waals surface area contributed by atoms with Crippen LogP contribution in [0.4, 0.5) is 35.1 Å². The molecule has 0 aliphatic heterocycles. The van der Waals surface area contributed by atoms with E-state index in [9.17, 15) is 57.7 Å². The molecule has 182 valence electrons. The van der Waals surface area contributed by atoms with Crippen LogP contribution in [0.1, 0.15) is 20.3 Å². The molecule has 0 radical (unpaired) electrons. The van der Waals surface area contributed by atoms with Gasteiger partial charge in [-0.3, -0.25) is 0 Å². The minimum Gasteiger partial charge on any atom is -0.743 e. The van der Waals surface area contributed by atoms with E-state index in [0.29, 0.717) is 0 Å². The number of rotatable bonds is 10. The van der Waals surface area contributed by atoms with Gasteiger partial charge in [0.1, 0.15) is 5.57 Å². The fraction of sp³-hybridized carbons (Fsp3) is 0.714.